The fourth-order valence-electron chi connectivity index (χ4n) is 1.90. The van der Waals surface area contributed by atoms with Crippen LogP contribution in [0.5, 0.6) is 5.75 Å². The van der Waals surface area contributed by atoms with Gasteiger partial charge in [0.15, 0.2) is 0 Å². The Morgan fingerprint density at radius 3 is 2.70 bits per heavy atom. The summed E-state index contributed by atoms with van der Waals surface area (Å²) in [5.74, 6) is 0.721. The van der Waals surface area contributed by atoms with E-state index in [4.69, 9.17) is 10.5 Å². The van der Waals surface area contributed by atoms with Crippen molar-refractivity contribution in [3.63, 3.8) is 0 Å². The number of nitrogen functional groups attached to an aromatic ring is 1. The average Bonchev–Trinajstić information content (AvgIpc) is 2.90. The molecular weight excluding hydrogens is 272 g/mol. The molecule has 0 saturated carbocycles. The molecule has 0 amide bonds. The predicted molar refractivity (Wildman–Crippen MR) is 83.0 cm³/mol. The monoisotopic (exact) mass is 292 g/mol. The molecule has 0 aliphatic rings. The summed E-state index contributed by atoms with van der Waals surface area (Å²) in [6.07, 6.45) is -0.516. The first kappa shape index (κ1) is 14.8. The van der Waals surface area contributed by atoms with Gasteiger partial charge in [0.25, 0.3) is 0 Å². The van der Waals surface area contributed by atoms with Gasteiger partial charge in [0.05, 0.1) is 0 Å². The predicted octanol–water partition coefficient (Wildman–Crippen LogP) is 2.20. The van der Waals surface area contributed by atoms with E-state index >= 15 is 0 Å². The molecule has 0 aliphatic carbocycles. The van der Waals surface area contributed by atoms with E-state index in [1.54, 1.807) is 35.6 Å². The van der Waals surface area contributed by atoms with E-state index < -0.39 is 6.10 Å². The summed E-state index contributed by atoms with van der Waals surface area (Å²) >= 11 is 1.72. The van der Waals surface area contributed by atoms with Gasteiger partial charge in [-0.15, -0.1) is 11.3 Å². The first-order chi connectivity index (χ1) is 9.63. The maximum absolute atomic E-state index is 9.98. The van der Waals surface area contributed by atoms with E-state index in [1.807, 2.05) is 13.1 Å². The van der Waals surface area contributed by atoms with Crippen molar-refractivity contribution in [2.75, 3.05) is 25.9 Å². The zero-order valence-electron chi connectivity index (χ0n) is 11.5. The average molecular weight is 292 g/mol. The number of rotatable bonds is 7. The molecule has 20 heavy (non-hydrogen) atoms. The van der Waals surface area contributed by atoms with Crippen molar-refractivity contribution in [2.24, 2.45) is 0 Å². The second-order valence-corrected chi connectivity index (χ2v) is 5.84. The molecule has 1 unspecified atom stereocenters. The molecule has 1 atom stereocenters. The van der Waals surface area contributed by atoms with Crippen molar-refractivity contribution in [3.8, 4) is 5.75 Å². The Morgan fingerprint density at radius 2 is 2.05 bits per heavy atom. The van der Waals surface area contributed by atoms with Crippen LogP contribution in [0, 0.1) is 0 Å². The number of anilines is 1. The first-order valence-corrected chi connectivity index (χ1v) is 7.39. The van der Waals surface area contributed by atoms with Crippen LogP contribution < -0.4 is 10.5 Å². The number of thiophene rings is 1. The molecule has 0 saturated heterocycles. The number of hydrogen-bond acceptors (Lipinski definition) is 5. The second-order valence-electron chi connectivity index (χ2n) is 4.81. The number of ether oxygens (including phenoxy) is 1. The van der Waals surface area contributed by atoms with Crippen molar-refractivity contribution >= 4 is 17.0 Å². The molecular formula is C15H20N2O2S. The standard InChI is InChI=1S/C15H20N2O2S/c1-17(10-15-3-2-8-20-15)9-13(18)11-19-14-6-4-12(16)5-7-14/h2-8,13,18H,9-11,16H2,1H3. The molecule has 0 bridgehead atoms. The minimum Gasteiger partial charge on any atom is -0.491 e. The normalized spacial score (nSPS) is 12.6. The summed E-state index contributed by atoms with van der Waals surface area (Å²) in [6.45, 7) is 1.70. The molecule has 0 radical (unpaired) electrons. The van der Waals surface area contributed by atoms with E-state index in [-0.39, 0.29) is 6.61 Å². The zero-order valence-corrected chi connectivity index (χ0v) is 12.3. The van der Waals surface area contributed by atoms with Crippen LogP contribution >= 0.6 is 11.3 Å². The van der Waals surface area contributed by atoms with Gasteiger partial charge in [0, 0.05) is 23.7 Å². The highest BCUT2D eigenvalue weighted by molar-refractivity contribution is 7.09. The van der Waals surface area contributed by atoms with Crippen LogP contribution in [0.25, 0.3) is 0 Å². The molecule has 108 valence electrons. The van der Waals surface area contributed by atoms with Gasteiger partial charge in [-0.2, -0.15) is 0 Å². The maximum atomic E-state index is 9.98. The minimum absolute atomic E-state index is 0.276. The maximum Gasteiger partial charge on any atom is 0.119 e. The second kappa shape index (κ2) is 7.28. The van der Waals surface area contributed by atoms with E-state index in [0.717, 1.165) is 12.3 Å². The molecule has 4 nitrogen and oxygen atoms in total. The number of aliphatic hydroxyl groups excluding tert-OH is 1. The van der Waals surface area contributed by atoms with Crippen LogP contribution in [-0.4, -0.2) is 36.3 Å². The van der Waals surface area contributed by atoms with Gasteiger partial charge < -0.3 is 15.6 Å². The van der Waals surface area contributed by atoms with Crippen molar-refractivity contribution in [1.82, 2.24) is 4.90 Å². The van der Waals surface area contributed by atoms with Crippen LogP contribution in [0.4, 0.5) is 5.69 Å². The topological polar surface area (TPSA) is 58.7 Å². The van der Waals surface area contributed by atoms with Crippen LogP contribution in [0.1, 0.15) is 4.88 Å². The van der Waals surface area contributed by atoms with Crippen molar-refractivity contribution < 1.29 is 9.84 Å². The van der Waals surface area contributed by atoms with Gasteiger partial charge in [0.2, 0.25) is 0 Å². The number of hydrogen-bond donors (Lipinski definition) is 2. The number of nitrogens with zero attached hydrogens (tertiary/aromatic N) is 1. The Morgan fingerprint density at radius 1 is 1.30 bits per heavy atom. The van der Waals surface area contributed by atoms with Crippen LogP contribution in [0.3, 0.4) is 0 Å². The van der Waals surface area contributed by atoms with E-state index in [2.05, 4.69) is 16.3 Å². The van der Waals surface area contributed by atoms with Gasteiger partial charge in [-0.3, -0.25) is 4.90 Å². The fraction of sp³-hybridized carbons (Fsp3) is 0.333. The minimum atomic E-state index is -0.516. The van der Waals surface area contributed by atoms with Crippen molar-refractivity contribution in [2.45, 2.75) is 12.6 Å². The summed E-state index contributed by atoms with van der Waals surface area (Å²) in [5, 5.41) is 12.0. The van der Waals surface area contributed by atoms with E-state index in [9.17, 15) is 5.11 Å². The third kappa shape index (κ3) is 4.85. The number of benzene rings is 1. The highest BCUT2D eigenvalue weighted by Gasteiger charge is 2.10. The molecule has 2 rings (SSSR count). The molecule has 0 spiro atoms. The van der Waals surface area contributed by atoms with Gasteiger partial charge in [-0.1, -0.05) is 6.07 Å². The summed E-state index contributed by atoms with van der Waals surface area (Å²) in [6, 6.07) is 11.3. The summed E-state index contributed by atoms with van der Waals surface area (Å²) < 4.78 is 5.53. The van der Waals surface area contributed by atoms with Crippen LogP contribution in [0.2, 0.25) is 0 Å². The molecule has 0 aliphatic heterocycles. The summed E-state index contributed by atoms with van der Waals surface area (Å²) in [4.78, 5) is 3.38. The van der Waals surface area contributed by atoms with Gasteiger partial charge in [-0.25, -0.2) is 0 Å². The lowest BCUT2D eigenvalue weighted by atomic mass is 10.3. The van der Waals surface area contributed by atoms with E-state index in [0.29, 0.717) is 12.2 Å². The Kier molecular flexibility index (Phi) is 5.40. The first-order valence-electron chi connectivity index (χ1n) is 6.51. The summed E-state index contributed by atoms with van der Waals surface area (Å²) in [5.41, 5.74) is 6.30. The largest absolute Gasteiger partial charge is 0.491 e. The van der Waals surface area contributed by atoms with Gasteiger partial charge in [0.1, 0.15) is 18.5 Å². The SMILES string of the molecule is CN(Cc1cccs1)CC(O)COc1ccc(N)cc1. The third-order valence-electron chi connectivity index (χ3n) is 2.85. The van der Waals surface area contributed by atoms with Gasteiger partial charge >= 0.3 is 0 Å². The number of aliphatic hydroxyl groups is 1. The molecule has 3 N–H and O–H groups in total. The van der Waals surface area contributed by atoms with E-state index in [1.165, 1.54) is 4.88 Å². The van der Waals surface area contributed by atoms with Crippen molar-refractivity contribution in [3.05, 3.63) is 46.7 Å². The Bertz CT molecular complexity index is 499. The highest BCUT2D eigenvalue weighted by Crippen LogP contribution is 2.14. The molecule has 1 aromatic heterocycles. The highest BCUT2D eigenvalue weighted by atomic mass is 32.1. The zero-order chi connectivity index (χ0) is 14.4. The van der Waals surface area contributed by atoms with Crippen molar-refractivity contribution in [1.29, 1.82) is 0 Å². The van der Waals surface area contributed by atoms with Gasteiger partial charge in [-0.05, 0) is 42.8 Å². The molecule has 0 fully saturated rings. The lowest BCUT2D eigenvalue weighted by Gasteiger charge is -2.20. The van der Waals surface area contributed by atoms with Crippen LogP contribution in [-0.2, 0) is 6.54 Å². The molecule has 5 heteroatoms. The third-order valence-corrected chi connectivity index (χ3v) is 3.71. The van der Waals surface area contributed by atoms with Crippen LogP contribution in [0.15, 0.2) is 41.8 Å². The Balaban J connectivity index is 1.71. The molecule has 2 aromatic rings. The lowest BCUT2D eigenvalue weighted by molar-refractivity contribution is 0.0747. The quantitative estimate of drug-likeness (QED) is 0.768. The summed E-state index contributed by atoms with van der Waals surface area (Å²) in [7, 11) is 1.99. The Labute approximate surface area is 123 Å². The number of likely N-dealkylation sites (N-methyl/N-ethyl adjacent to an activating group) is 1. The molecule has 1 heterocycles. The fourth-order valence-corrected chi connectivity index (χ4v) is 2.69. The number of nitrogens with two attached hydrogens (primary N) is 1. The lowest BCUT2D eigenvalue weighted by Crippen LogP contribution is -2.32. The smallest absolute Gasteiger partial charge is 0.119 e. The Hall–Kier alpha value is -1.56. The molecule has 1 aromatic carbocycles.